The Bertz CT molecular complexity index is 520. The summed E-state index contributed by atoms with van der Waals surface area (Å²) < 4.78 is 6.59. The van der Waals surface area contributed by atoms with Crippen molar-refractivity contribution in [3.8, 4) is 0 Å². The quantitative estimate of drug-likeness (QED) is 0.674. The van der Waals surface area contributed by atoms with Crippen LogP contribution in [0.5, 0.6) is 0 Å². The highest BCUT2D eigenvalue weighted by Crippen LogP contribution is 2.22. The van der Waals surface area contributed by atoms with E-state index < -0.39 is 0 Å². The Kier molecular flexibility index (Phi) is 8.64. The molecule has 0 radical (unpaired) electrons. The lowest BCUT2D eigenvalue weighted by molar-refractivity contribution is 0.162. The van der Waals surface area contributed by atoms with Crippen molar-refractivity contribution in [2.24, 2.45) is 0 Å². The molecule has 0 spiro atoms. The van der Waals surface area contributed by atoms with Crippen molar-refractivity contribution in [2.45, 2.75) is 34.2 Å². The highest BCUT2D eigenvalue weighted by molar-refractivity contribution is 6.25. The second-order valence-corrected chi connectivity index (χ2v) is 5.54. The molecule has 0 aliphatic rings. The summed E-state index contributed by atoms with van der Waals surface area (Å²) in [6, 6.07) is 16.6. The summed E-state index contributed by atoms with van der Waals surface area (Å²) >= 11 is 6.32. The number of anilines is 1. The standard InChI is InChI=1S/C15H16ClN.C4H10O/c1-12-8-13(2)10-15(9-12)17(16)11-14-6-4-3-5-7-14;1-3-5-4-2/h3-10H,11H2,1-2H3;3-4H2,1-2H3. The van der Waals surface area contributed by atoms with Gasteiger partial charge in [0.1, 0.15) is 0 Å². The molecular weight excluding hydrogens is 294 g/mol. The van der Waals surface area contributed by atoms with Crippen LogP contribution in [0.4, 0.5) is 5.69 Å². The van der Waals surface area contributed by atoms with Crippen molar-refractivity contribution in [1.82, 2.24) is 0 Å². The van der Waals surface area contributed by atoms with Crippen LogP contribution in [0.1, 0.15) is 30.5 Å². The minimum absolute atomic E-state index is 0.714. The molecular formula is C19H26ClNO. The number of ether oxygens (including phenoxy) is 1. The van der Waals surface area contributed by atoms with Gasteiger partial charge in [-0.1, -0.05) is 36.4 Å². The van der Waals surface area contributed by atoms with E-state index in [-0.39, 0.29) is 0 Å². The molecule has 22 heavy (non-hydrogen) atoms. The van der Waals surface area contributed by atoms with E-state index in [2.05, 4.69) is 44.2 Å². The molecule has 2 nitrogen and oxygen atoms in total. The lowest BCUT2D eigenvalue weighted by Crippen LogP contribution is -2.09. The first-order valence-electron chi connectivity index (χ1n) is 7.70. The molecule has 0 aromatic heterocycles. The molecule has 2 rings (SSSR count). The summed E-state index contributed by atoms with van der Waals surface area (Å²) in [7, 11) is 0. The highest BCUT2D eigenvalue weighted by Gasteiger charge is 2.05. The maximum atomic E-state index is 6.32. The number of hydrogen-bond donors (Lipinski definition) is 0. The third-order valence-corrected chi connectivity index (χ3v) is 3.37. The average molecular weight is 320 g/mol. The molecule has 0 bridgehead atoms. The van der Waals surface area contributed by atoms with Gasteiger partial charge >= 0.3 is 0 Å². The van der Waals surface area contributed by atoms with Crippen LogP contribution in [-0.2, 0) is 11.3 Å². The Balaban J connectivity index is 0.000000422. The molecule has 0 heterocycles. The Morgan fingerprint density at radius 1 is 0.909 bits per heavy atom. The van der Waals surface area contributed by atoms with E-state index in [1.165, 1.54) is 16.7 Å². The normalized spacial score (nSPS) is 9.86. The van der Waals surface area contributed by atoms with Crippen LogP contribution in [0.3, 0.4) is 0 Å². The van der Waals surface area contributed by atoms with Crippen molar-refractivity contribution < 1.29 is 4.74 Å². The van der Waals surface area contributed by atoms with Gasteiger partial charge in [-0.15, -0.1) is 0 Å². The molecule has 2 aromatic carbocycles. The van der Waals surface area contributed by atoms with Crippen molar-refractivity contribution in [1.29, 1.82) is 0 Å². The van der Waals surface area contributed by atoms with Gasteiger partial charge in [0.25, 0.3) is 0 Å². The summed E-state index contributed by atoms with van der Waals surface area (Å²) in [5, 5.41) is 0. The number of halogens is 1. The minimum atomic E-state index is 0.714. The summed E-state index contributed by atoms with van der Waals surface area (Å²) in [4.78, 5) is 0. The van der Waals surface area contributed by atoms with E-state index in [1.54, 1.807) is 4.42 Å². The Labute approximate surface area is 139 Å². The molecule has 0 aliphatic carbocycles. The van der Waals surface area contributed by atoms with Crippen LogP contribution in [0.25, 0.3) is 0 Å². The van der Waals surface area contributed by atoms with Crippen molar-refractivity contribution in [2.75, 3.05) is 17.6 Å². The molecule has 0 saturated heterocycles. The van der Waals surface area contributed by atoms with Gasteiger partial charge < -0.3 is 4.74 Å². The highest BCUT2D eigenvalue weighted by atomic mass is 35.5. The first kappa shape index (κ1) is 18.5. The zero-order valence-electron chi connectivity index (χ0n) is 14.0. The van der Waals surface area contributed by atoms with E-state index in [0.717, 1.165) is 18.9 Å². The van der Waals surface area contributed by atoms with E-state index in [0.29, 0.717) is 6.54 Å². The maximum Gasteiger partial charge on any atom is 0.0599 e. The van der Waals surface area contributed by atoms with Gasteiger partial charge in [-0.25, -0.2) is 0 Å². The Morgan fingerprint density at radius 3 is 1.91 bits per heavy atom. The monoisotopic (exact) mass is 319 g/mol. The second-order valence-electron chi connectivity index (χ2n) is 5.13. The fourth-order valence-corrected chi connectivity index (χ4v) is 2.37. The van der Waals surface area contributed by atoms with E-state index in [4.69, 9.17) is 16.5 Å². The van der Waals surface area contributed by atoms with Gasteiger partial charge in [0.05, 0.1) is 12.2 Å². The van der Waals surface area contributed by atoms with Gasteiger partial charge in [0.2, 0.25) is 0 Å². The molecule has 120 valence electrons. The van der Waals surface area contributed by atoms with Crippen molar-refractivity contribution in [3.05, 3.63) is 65.2 Å². The SMILES string of the molecule is CCOCC.Cc1cc(C)cc(N(Cl)Cc2ccccc2)c1. The van der Waals surface area contributed by atoms with E-state index >= 15 is 0 Å². The van der Waals surface area contributed by atoms with Gasteiger partial charge in [-0.05, 0) is 56.5 Å². The fraction of sp³-hybridized carbons (Fsp3) is 0.368. The van der Waals surface area contributed by atoms with E-state index in [9.17, 15) is 0 Å². The third kappa shape index (κ3) is 6.97. The largest absolute Gasteiger partial charge is 0.382 e. The fourth-order valence-electron chi connectivity index (χ4n) is 2.13. The smallest absolute Gasteiger partial charge is 0.0599 e. The zero-order chi connectivity index (χ0) is 16.4. The van der Waals surface area contributed by atoms with Gasteiger partial charge in [0, 0.05) is 25.0 Å². The van der Waals surface area contributed by atoms with Crippen molar-refractivity contribution in [3.63, 3.8) is 0 Å². The Hall–Kier alpha value is -1.51. The number of benzene rings is 2. The molecule has 3 heteroatoms. The molecule has 0 unspecified atom stereocenters. The van der Waals surface area contributed by atoms with Crippen LogP contribution in [-0.4, -0.2) is 13.2 Å². The average Bonchev–Trinajstić information content (AvgIpc) is 2.49. The second kappa shape index (κ2) is 10.3. The molecule has 0 aliphatic heterocycles. The third-order valence-electron chi connectivity index (χ3n) is 3.06. The predicted molar refractivity (Wildman–Crippen MR) is 96.6 cm³/mol. The van der Waals surface area contributed by atoms with Crippen LogP contribution >= 0.6 is 11.8 Å². The molecule has 0 fully saturated rings. The number of nitrogens with zero attached hydrogens (tertiary/aromatic N) is 1. The molecule has 2 aromatic rings. The van der Waals surface area contributed by atoms with E-state index in [1.807, 2.05) is 32.0 Å². The van der Waals surface area contributed by atoms with Crippen LogP contribution in [0, 0.1) is 13.8 Å². The summed E-state index contributed by atoms with van der Waals surface area (Å²) in [6.45, 7) is 10.6. The predicted octanol–water partition coefficient (Wildman–Crippen LogP) is 5.51. The first-order valence-corrected chi connectivity index (χ1v) is 8.03. The number of hydrogen-bond acceptors (Lipinski definition) is 2. The minimum Gasteiger partial charge on any atom is -0.382 e. The topological polar surface area (TPSA) is 12.5 Å². The van der Waals surface area contributed by atoms with Crippen molar-refractivity contribution >= 4 is 17.5 Å². The molecule has 0 N–H and O–H groups in total. The number of aryl methyl sites for hydroxylation is 2. The zero-order valence-corrected chi connectivity index (χ0v) is 14.7. The number of rotatable bonds is 5. The van der Waals surface area contributed by atoms with Crippen LogP contribution < -0.4 is 4.42 Å². The lowest BCUT2D eigenvalue weighted by Gasteiger charge is -2.17. The first-order chi connectivity index (χ1) is 10.6. The van der Waals surface area contributed by atoms with Gasteiger partial charge in [-0.3, -0.25) is 4.42 Å². The maximum absolute atomic E-state index is 6.32. The Morgan fingerprint density at radius 2 is 1.45 bits per heavy atom. The molecule has 0 amide bonds. The van der Waals surface area contributed by atoms with Gasteiger partial charge in [0.15, 0.2) is 0 Å². The van der Waals surface area contributed by atoms with Crippen LogP contribution in [0.15, 0.2) is 48.5 Å². The van der Waals surface area contributed by atoms with Crippen LogP contribution in [0.2, 0.25) is 0 Å². The molecule has 0 saturated carbocycles. The van der Waals surface area contributed by atoms with Gasteiger partial charge in [-0.2, -0.15) is 0 Å². The summed E-state index contributed by atoms with van der Waals surface area (Å²) in [5.41, 5.74) is 4.73. The summed E-state index contributed by atoms with van der Waals surface area (Å²) in [6.07, 6.45) is 0. The molecule has 0 atom stereocenters. The summed E-state index contributed by atoms with van der Waals surface area (Å²) in [5.74, 6) is 0. The lowest BCUT2D eigenvalue weighted by atomic mass is 10.1.